The molecular weight excluding hydrogens is 314 g/mol. The van der Waals surface area contributed by atoms with Crippen LogP contribution in [0.5, 0.6) is 0 Å². The summed E-state index contributed by atoms with van der Waals surface area (Å²) < 4.78 is 7.29. The van der Waals surface area contributed by atoms with Gasteiger partial charge in [0, 0.05) is 20.9 Å². The van der Waals surface area contributed by atoms with Gasteiger partial charge < -0.3 is 4.40 Å². The van der Waals surface area contributed by atoms with Crippen LogP contribution in [-0.2, 0) is 7.05 Å². The van der Waals surface area contributed by atoms with Crippen LogP contribution in [0, 0.1) is 6.92 Å². The molecule has 0 bridgehead atoms. The Morgan fingerprint density at radius 3 is 2.83 bits per heavy atom. The molecule has 0 aliphatic carbocycles. The van der Waals surface area contributed by atoms with E-state index in [2.05, 4.69) is 64.3 Å². The molecule has 0 fully saturated rings. The standard InChI is InChI=1S/C20H14N3S/c1-11-7-8-15-17-16(11)18-14(9-21-10-22(18)2)23-13-6-4-3-5-12(13)20(24-15)19(17)23/h3-10H,1-2H3/q+1. The first-order chi connectivity index (χ1) is 11.8. The normalized spacial score (nSPS) is 12.6. The van der Waals surface area contributed by atoms with Gasteiger partial charge in [0.25, 0.3) is 6.33 Å². The van der Waals surface area contributed by atoms with E-state index < -0.39 is 0 Å². The van der Waals surface area contributed by atoms with Gasteiger partial charge in [0.15, 0.2) is 11.7 Å². The van der Waals surface area contributed by atoms with E-state index in [1.165, 1.54) is 53.2 Å². The van der Waals surface area contributed by atoms with E-state index in [0.29, 0.717) is 0 Å². The minimum absolute atomic E-state index is 1.17. The number of nitrogens with zero attached hydrogens (tertiary/aromatic N) is 3. The summed E-state index contributed by atoms with van der Waals surface area (Å²) in [5.74, 6) is 0. The molecule has 0 aliphatic heterocycles. The largest absolute Gasteiger partial charge is 0.301 e. The van der Waals surface area contributed by atoms with Crippen LogP contribution in [0.25, 0.3) is 47.6 Å². The van der Waals surface area contributed by atoms with Gasteiger partial charge in [0.1, 0.15) is 5.52 Å². The van der Waals surface area contributed by atoms with Gasteiger partial charge in [0.2, 0.25) is 0 Å². The first kappa shape index (κ1) is 12.7. The van der Waals surface area contributed by atoms with Gasteiger partial charge in [0.05, 0.1) is 22.8 Å². The number of aryl methyl sites for hydroxylation is 2. The Hall–Kier alpha value is -2.72. The van der Waals surface area contributed by atoms with E-state index in [1.54, 1.807) is 0 Å². The highest BCUT2D eigenvalue weighted by molar-refractivity contribution is 7.27. The van der Waals surface area contributed by atoms with Crippen molar-refractivity contribution in [2.45, 2.75) is 6.92 Å². The molecule has 2 aromatic carbocycles. The maximum atomic E-state index is 4.47. The fraction of sp³-hybridized carbons (Fsp3) is 0.100. The molecule has 6 aromatic rings. The third kappa shape index (κ3) is 1.27. The lowest BCUT2D eigenvalue weighted by atomic mass is 10.0. The van der Waals surface area contributed by atoms with E-state index >= 15 is 0 Å². The van der Waals surface area contributed by atoms with Crippen molar-refractivity contribution < 1.29 is 4.57 Å². The van der Waals surface area contributed by atoms with Gasteiger partial charge in [-0.2, -0.15) is 0 Å². The molecule has 0 saturated heterocycles. The zero-order valence-electron chi connectivity index (χ0n) is 13.4. The molecule has 3 nitrogen and oxygen atoms in total. The topological polar surface area (TPSA) is 21.2 Å². The van der Waals surface area contributed by atoms with E-state index in [0.717, 1.165) is 0 Å². The van der Waals surface area contributed by atoms with Gasteiger partial charge in [-0.25, -0.2) is 4.57 Å². The van der Waals surface area contributed by atoms with Crippen LogP contribution < -0.4 is 4.57 Å². The van der Waals surface area contributed by atoms with Gasteiger partial charge in [-0.05, 0) is 24.6 Å². The monoisotopic (exact) mass is 328 g/mol. The first-order valence-corrected chi connectivity index (χ1v) is 8.87. The SMILES string of the molecule is Cc1ccc2sc3c4ccccc4n4c5cnc[n+](C)c5c1c2c34. The molecular formula is C20H14N3S+. The lowest BCUT2D eigenvalue weighted by Crippen LogP contribution is -2.30. The molecule has 4 heteroatoms. The molecule has 4 aromatic heterocycles. The van der Waals surface area contributed by atoms with E-state index in [4.69, 9.17) is 0 Å². The Balaban J connectivity index is 2.18. The average molecular weight is 328 g/mol. The number of hydrogen-bond acceptors (Lipinski definition) is 2. The summed E-state index contributed by atoms with van der Waals surface area (Å²) in [5, 5.41) is 4.08. The van der Waals surface area contributed by atoms with Gasteiger partial charge in [-0.15, -0.1) is 11.3 Å². The Labute approximate surface area is 141 Å². The number of rotatable bonds is 0. The Morgan fingerprint density at radius 2 is 1.92 bits per heavy atom. The predicted octanol–water partition coefficient (Wildman–Crippen LogP) is 4.58. The molecule has 0 N–H and O–H groups in total. The van der Waals surface area contributed by atoms with Crippen LogP contribution in [0.4, 0.5) is 0 Å². The third-order valence-corrected chi connectivity index (χ3v) is 6.34. The molecule has 4 heterocycles. The van der Waals surface area contributed by atoms with Crippen molar-refractivity contribution in [1.82, 2.24) is 9.38 Å². The smallest absolute Gasteiger partial charge is 0.286 e. The Bertz CT molecular complexity index is 1420. The minimum Gasteiger partial charge on any atom is -0.301 e. The number of fused-ring (bicyclic) bond motifs is 6. The van der Waals surface area contributed by atoms with Crippen LogP contribution in [0.3, 0.4) is 0 Å². The summed E-state index contributed by atoms with van der Waals surface area (Å²) in [5.41, 5.74) is 6.36. The second kappa shape index (κ2) is 4.02. The van der Waals surface area contributed by atoms with Crippen LogP contribution >= 0.6 is 11.3 Å². The highest BCUT2D eigenvalue weighted by Crippen LogP contribution is 2.45. The summed E-state index contributed by atoms with van der Waals surface area (Å²) in [6.07, 6.45) is 3.90. The van der Waals surface area contributed by atoms with Gasteiger partial charge >= 0.3 is 0 Å². The van der Waals surface area contributed by atoms with Crippen molar-refractivity contribution in [2.24, 2.45) is 7.05 Å². The molecule has 6 rings (SSSR count). The lowest BCUT2D eigenvalue weighted by Gasteiger charge is -2.10. The number of pyridine rings is 1. The summed E-state index contributed by atoms with van der Waals surface area (Å²) in [7, 11) is 2.09. The highest BCUT2D eigenvalue weighted by atomic mass is 32.1. The second-order valence-electron chi connectivity index (χ2n) is 6.50. The summed E-state index contributed by atoms with van der Waals surface area (Å²) in [6.45, 7) is 2.21. The van der Waals surface area contributed by atoms with Gasteiger partial charge in [-0.1, -0.05) is 29.2 Å². The number of thiophene rings is 1. The molecule has 0 amide bonds. The first-order valence-electron chi connectivity index (χ1n) is 8.05. The lowest BCUT2D eigenvalue weighted by molar-refractivity contribution is -0.647. The van der Waals surface area contributed by atoms with Crippen molar-refractivity contribution in [3.05, 3.63) is 54.5 Å². The molecule has 0 radical (unpaired) electrons. The van der Waals surface area contributed by atoms with Crippen molar-refractivity contribution in [1.29, 1.82) is 0 Å². The molecule has 0 spiro atoms. The van der Waals surface area contributed by atoms with Crippen LogP contribution in [0.15, 0.2) is 48.9 Å². The number of hydrogen-bond donors (Lipinski definition) is 0. The number of benzene rings is 2. The average Bonchev–Trinajstić information content (AvgIpc) is 3.12. The Kier molecular flexibility index (Phi) is 2.12. The predicted molar refractivity (Wildman–Crippen MR) is 100 cm³/mol. The van der Waals surface area contributed by atoms with Crippen LogP contribution in [0.2, 0.25) is 0 Å². The molecule has 0 unspecified atom stereocenters. The quantitative estimate of drug-likeness (QED) is 0.295. The van der Waals surface area contributed by atoms with Crippen molar-refractivity contribution in [2.75, 3.05) is 0 Å². The fourth-order valence-electron chi connectivity index (χ4n) is 4.18. The zero-order valence-corrected chi connectivity index (χ0v) is 14.2. The third-order valence-electron chi connectivity index (χ3n) is 5.16. The van der Waals surface area contributed by atoms with Gasteiger partial charge in [-0.3, -0.25) is 0 Å². The Morgan fingerprint density at radius 1 is 1.04 bits per heavy atom. The molecule has 0 saturated carbocycles. The molecule has 114 valence electrons. The molecule has 0 aliphatic rings. The van der Waals surface area contributed by atoms with Crippen molar-refractivity contribution in [3.63, 3.8) is 0 Å². The maximum absolute atomic E-state index is 4.47. The van der Waals surface area contributed by atoms with Crippen molar-refractivity contribution >= 4 is 59.0 Å². The molecule has 0 atom stereocenters. The van der Waals surface area contributed by atoms with Crippen LogP contribution in [-0.4, -0.2) is 9.38 Å². The van der Waals surface area contributed by atoms with Crippen LogP contribution in [0.1, 0.15) is 5.56 Å². The van der Waals surface area contributed by atoms with Crippen molar-refractivity contribution in [3.8, 4) is 0 Å². The van der Waals surface area contributed by atoms with E-state index in [1.807, 2.05) is 23.9 Å². The summed E-state index contributed by atoms with van der Waals surface area (Å²) >= 11 is 1.90. The summed E-state index contributed by atoms with van der Waals surface area (Å²) in [4.78, 5) is 4.47. The second-order valence-corrected chi connectivity index (χ2v) is 7.55. The van der Waals surface area contributed by atoms with E-state index in [9.17, 15) is 0 Å². The number of aromatic nitrogens is 3. The number of para-hydroxylation sites is 1. The maximum Gasteiger partial charge on any atom is 0.286 e. The minimum atomic E-state index is 1.17. The summed E-state index contributed by atoms with van der Waals surface area (Å²) in [6, 6.07) is 13.2. The zero-order chi connectivity index (χ0) is 16.0. The fourth-order valence-corrected chi connectivity index (χ4v) is 5.41. The highest BCUT2D eigenvalue weighted by Gasteiger charge is 2.24. The van der Waals surface area contributed by atoms with E-state index in [-0.39, 0.29) is 0 Å². The molecule has 24 heavy (non-hydrogen) atoms.